The second-order valence-electron chi connectivity index (χ2n) is 7.02. The lowest BCUT2D eigenvalue weighted by atomic mass is 9.93. The third-order valence-electron chi connectivity index (χ3n) is 5.09. The van der Waals surface area contributed by atoms with E-state index < -0.39 is 23.8 Å². The van der Waals surface area contributed by atoms with Crippen molar-refractivity contribution >= 4 is 6.03 Å². The molecule has 0 bridgehead atoms. The molecular formula is C18H24F2N2O2. The molecule has 2 aliphatic rings. The van der Waals surface area contributed by atoms with E-state index in [1.807, 2.05) is 0 Å². The van der Waals surface area contributed by atoms with E-state index in [1.165, 1.54) is 6.07 Å². The third kappa shape index (κ3) is 3.86. The largest absolute Gasteiger partial charge is 0.393 e. The predicted octanol–water partition coefficient (Wildman–Crippen LogP) is 3.22. The number of nitrogens with one attached hydrogen (secondary N) is 1. The van der Waals surface area contributed by atoms with E-state index in [-0.39, 0.29) is 23.4 Å². The summed E-state index contributed by atoms with van der Waals surface area (Å²) in [5.41, 5.74) is 0.218. The molecule has 2 N–H and O–H groups in total. The number of nitrogens with zero attached hydrogens (tertiary/aromatic N) is 1. The van der Waals surface area contributed by atoms with Crippen molar-refractivity contribution in [2.45, 2.75) is 44.8 Å². The molecule has 24 heavy (non-hydrogen) atoms. The summed E-state index contributed by atoms with van der Waals surface area (Å²) in [6.07, 6.45) is 3.08. The Morgan fingerprint density at radius 2 is 2.04 bits per heavy atom. The first-order valence-corrected chi connectivity index (χ1v) is 8.64. The predicted molar refractivity (Wildman–Crippen MR) is 86.3 cm³/mol. The fourth-order valence-corrected chi connectivity index (χ4v) is 3.44. The molecule has 1 aliphatic carbocycles. The summed E-state index contributed by atoms with van der Waals surface area (Å²) in [7, 11) is 0. The molecule has 1 aromatic carbocycles. The number of carbonyl (C=O) groups excluding carboxylic acids is 1. The number of amides is 2. The Kier molecular flexibility index (Phi) is 5.04. The van der Waals surface area contributed by atoms with Crippen molar-refractivity contribution in [3.05, 3.63) is 35.4 Å². The third-order valence-corrected chi connectivity index (χ3v) is 5.09. The van der Waals surface area contributed by atoms with Gasteiger partial charge in [-0.15, -0.1) is 0 Å². The van der Waals surface area contributed by atoms with Crippen molar-refractivity contribution in [3.8, 4) is 0 Å². The fourth-order valence-electron chi connectivity index (χ4n) is 3.44. The smallest absolute Gasteiger partial charge is 0.317 e. The first kappa shape index (κ1) is 17.1. The number of urea groups is 1. The van der Waals surface area contributed by atoms with Crippen LogP contribution in [0.2, 0.25) is 0 Å². The van der Waals surface area contributed by atoms with Gasteiger partial charge in [-0.05, 0) is 56.7 Å². The van der Waals surface area contributed by atoms with Gasteiger partial charge in [0, 0.05) is 24.6 Å². The van der Waals surface area contributed by atoms with Crippen LogP contribution in [-0.2, 0) is 0 Å². The number of carbonyl (C=O) groups is 1. The van der Waals surface area contributed by atoms with Crippen LogP contribution in [0.4, 0.5) is 13.6 Å². The summed E-state index contributed by atoms with van der Waals surface area (Å²) in [4.78, 5) is 14.3. The number of hydrogen-bond donors (Lipinski definition) is 2. The molecule has 3 atom stereocenters. The van der Waals surface area contributed by atoms with Gasteiger partial charge < -0.3 is 15.3 Å². The topological polar surface area (TPSA) is 52.6 Å². The zero-order chi connectivity index (χ0) is 17.3. The molecule has 6 heteroatoms. The summed E-state index contributed by atoms with van der Waals surface area (Å²) in [5.74, 6) is -0.773. The molecule has 1 aliphatic heterocycles. The molecule has 4 nitrogen and oxygen atoms in total. The Balaban J connectivity index is 1.72. The highest BCUT2D eigenvalue weighted by atomic mass is 19.1. The minimum atomic E-state index is -0.501. The molecule has 1 saturated carbocycles. The van der Waals surface area contributed by atoms with Crippen LogP contribution in [0.25, 0.3) is 0 Å². The average Bonchev–Trinajstić information content (AvgIpc) is 3.40. The van der Waals surface area contributed by atoms with Crippen LogP contribution in [-0.4, -0.2) is 35.2 Å². The molecule has 1 aromatic rings. The number of aliphatic hydroxyl groups is 1. The average molecular weight is 338 g/mol. The summed E-state index contributed by atoms with van der Waals surface area (Å²) in [5, 5.41) is 12.6. The van der Waals surface area contributed by atoms with Gasteiger partial charge in [0.15, 0.2) is 0 Å². The minimum absolute atomic E-state index is 0.0646. The minimum Gasteiger partial charge on any atom is -0.393 e. The molecule has 0 radical (unpaired) electrons. The number of halogens is 2. The van der Waals surface area contributed by atoms with E-state index in [0.717, 1.165) is 37.8 Å². The number of hydrogen-bond acceptors (Lipinski definition) is 2. The zero-order valence-corrected chi connectivity index (χ0v) is 13.8. The van der Waals surface area contributed by atoms with E-state index in [4.69, 9.17) is 0 Å². The van der Waals surface area contributed by atoms with Crippen molar-refractivity contribution in [1.82, 2.24) is 10.2 Å². The standard InChI is InChI=1S/C18H24F2N2O2/c1-11(23)13-3-2-8-22(10-13)18(24)21-17(12-4-5-12)15-9-14(19)6-7-16(15)20/h6-7,9,11-13,17,23H,2-5,8,10H2,1H3,(H,21,24)/t11-,13-,17+/m0/s1. The SMILES string of the molecule is C[C@H](O)[C@H]1CCCN(C(=O)N[C@@H](c2cc(F)ccc2F)C2CC2)C1. The van der Waals surface area contributed by atoms with Crippen molar-refractivity contribution in [2.75, 3.05) is 13.1 Å². The monoisotopic (exact) mass is 338 g/mol. The number of piperidine rings is 1. The maximum atomic E-state index is 14.1. The summed E-state index contributed by atoms with van der Waals surface area (Å²) in [6, 6.07) is 2.60. The van der Waals surface area contributed by atoms with Crippen LogP contribution in [0.1, 0.15) is 44.2 Å². The van der Waals surface area contributed by atoms with Crippen molar-refractivity contribution in [3.63, 3.8) is 0 Å². The number of benzene rings is 1. The van der Waals surface area contributed by atoms with Gasteiger partial charge in [0.1, 0.15) is 11.6 Å². The molecule has 0 unspecified atom stereocenters. The summed E-state index contributed by atoms with van der Waals surface area (Å²) in [6.45, 7) is 2.85. The van der Waals surface area contributed by atoms with Gasteiger partial charge in [-0.3, -0.25) is 0 Å². The Hall–Kier alpha value is -1.69. The van der Waals surface area contributed by atoms with E-state index >= 15 is 0 Å². The van der Waals surface area contributed by atoms with E-state index in [9.17, 15) is 18.7 Å². The molecule has 2 amide bonds. The Morgan fingerprint density at radius 3 is 2.71 bits per heavy atom. The van der Waals surface area contributed by atoms with Crippen LogP contribution in [0.15, 0.2) is 18.2 Å². The Bertz CT molecular complexity index is 605. The van der Waals surface area contributed by atoms with E-state index in [2.05, 4.69) is 5.32 Å². The molecule has 0 aromatic heterocycles. The van der Waals surface area contributed by atoms with E-state index in [0.29, 0.717) is 13.1 Å². The normalized spacial score (nSPS) is 23.7. The lowest BCUT2D eigenvalue weighted by Crippen LogP contribution is -2.48. The van der Waals surface area contributed by atoms with Crippen LogP contribution >= 0.6 is 0 Å². The van der Waals surface area contributed by atoms with Crippen molar-refractivity contribution < 1.29 is 18.7 Å². The quantitative estimate of drug-likeness (QED) is 0.886. The van der Waals surface area contributed by atoms with Gasteiger partial charge in [0.05, 0.1) is 12.1 Å². The van der Waals surface area contributed by atoms with E-state index in [1.54, 1.807) is 11.8 Å². The Labute approximate surface area is 140 Å². The second-order valence-corrected chi connectivity index (χ2v) is 7.02. The number of likely N-dealkylation sites (tertiary alicyclic amines) is 1. The molecule has 1 saturated heterocycles. The molecular weight excluding hydrogens is 314 g/mol. The summed E-state index contributed by atoms with van der Waals surface area (Å²) >= 11 is 0. The van der Waals surface area contributed by atoms with Crippen LogP contribution in [0.5, 0.6) is 0 Å². The van der Waals surface area contributed by atoms with Gasteiger partial charge >= 0.3 is 6.03 Å². The first-order valence-electron chi connectivity index (χ1n) is 8.64. The molecule has 2 fully saturated rings. The first-order chi connectivity index (χ1) is 11.5. The molecule has 0 spiro atoms. The molecule has 132 valence electrons. The van der Waals surface area contributed by atoms with Crippen LogP contribution in [0.3, 0.4) is 0 Å². The van der Waals surface area contributed by atoms with Gasteiger partial charge in [-0.25, -0.2) is 13.6 Å². The van der Waals surface area contributed by atoms with Gasteiger partial charge in [-0.2, -0.15) is 0 Å². The molecule has 1 heterocycles. The lowest BCUT2D eigenvalue weighted by Gasteiger charge is -2.35. The second kappa shape index (κ2) is 7.05. The maximum absolute atomic E-state index is 14.1. The fraction of sp³-hybridized carbons (Fsp3) is 0.611. The molecule has 3 rings (SSSR count). The number of aliphatic hydroxyl groups excluding tert-OH is 1. The Morgan fingerprint density at radius 1 is 1.29 bits per heavy atom. The maximum Gasteiger partial charge on any atom is 0.317 e. The van der Waals surface area contributed by atoms with Gasteiger partial charge in [0.2, 0.25) is 0 Å². The van der Waals surface area contributed by atoms with Crippen LogP contribution < -0.4 is 5.32 Å². The van der Waals surface area contributed by atoms with Crippen LogP contribution in [0, 0.1) is 23.5 Å². The highest BCUT2D eigenvalue weighted by molar-refractivity contribution is 5.75. The van der Waals surface area contributed by atoms with Crippen molar-refractivity contribution in [2.24, 2.45) is 11.8 Å². The van der Waals surface area contributed by atoms with Gasteiger partial charge in [0.25, 0.3) is 0 Å². The highest BCUT2D eigenvalue weighted by Gasteiger charge is 2.36. The van der Waals surface area contributed by atoms with Crippen molar-refractivity contribution in [1.29, 1.82) is 0 Å². The zero-order valence-electron chi connectivity index (χ0n) is 13.8. The van der Waals surface area contributed by atoms with Gasteiger partial charge in [-0.1, -0.05) is 0 Å². The summed E-state index contributed by atoms with van der Waals surface area (Å²) < 4.78 is 27.6. The lowest BCUT2D eigenvalue weighted by molar-refractivity contribution is 0.0731. The highest BCUT2D eigenvalue weighted by Crippen LogP contribution is 2.42. The number of rotatable bonds is 4.